The second kappa shape index (κ2) is 8.45. The first kappa shape index (κ1) is 15.4. The summed E-state index contributed by atoms with van der Waals surface area (Å²) in [5, 5.41) is 9.05. The average Bonchev–Trinajstić information content (AvgIpc) is 2.40. The monoisotopic (exact) mass is 258 g/mol. The van der Waals surface area contributed by atoms with Crippen molar-refractivity contribution in [1.29, 1.82) is 0 Å². The molecule has 0 aliphatic carbocycles. The minimum absolute atomic E-state index is 0.0581. The Labute approximate surface area is 110 Å². The van der Waals surface area contributed by atoms with Gasteiger partial charge in [0.1, 0.15) is 0 Å². The lowest BCUT2D eigenvalue weighted by Gasteiger charge is -2.32. The summed E-state index contributed by atoms with van der Waals surface area (Å²) in [4.78, 5) is 15.9. The highest BCUT2D eigenvalue weighted by atomic mass is 16.5. The van der Waals surface area contributed by atoms with Crippen molar-refractivity contribution in [1.82, 2.24) is 9.80 Å². The molecule has 5 heteroatoms. The van der Waals surface area contributed by atoms with E-state index >= 15 is 0 Å². The fraction of sp³-hybridized carbons (Fsp3) is 0.923. The van der Waals surface area contributed by atoms with Crippen LogP contribution in [-0.2, 0) is 9.53 Å². The van der Waals surface area contributed by atoms with E-state index in [2.05, 4.69) is 4.90 Å². The first-order valence-corrected chi connectivity index (χ1v) is 6.93. The van der Waals surface area contributed by atoms with Gasteiger partial charge in [0, 0.05) is 32.6 Å². The van der Waals surface area contributed by atoms with Crippen LogP contribution in [0.4, 0.5) is 0 Å². The number of aliphatic hydroxyl groups excluding tert-OH is 1. The highest BCUT2D eigenvalue weighted by Crippen LogP contribution is 2.07. The van der Waals surface area contributed by atoms with Crippen molar-refractivity contribution >= 4 is 5.91 Å². The molecule has 1 fully saturated rings. The van der Waals surface area contributed by atoms with Crippen molar-refractivity contribution in [2.24, 2.45) is 0 Å². The van der Waals surface area contributed by atoms with Gasteiger partial charge < -0.3 is 14.7 Å². The van der Waals surface area contributed by atoms with E-state index in [1.54, 1.807) is 0 Å². The molecule has 1 aliphatic rings. The Morgan fingerprint density at radius 2 is 2.17 bits per heavy atom. The highest BCUT2D eigenvalue weighted by Gasteiger charge is 2.19. The van der Waals surface area contributed by atoms with E-state index < -0.39 is 0 Å². The zero-order chi connectivity index (χ0) is 13.4. The second-order valence-electron chi connectivity index (χ2n) is 4.65. The molecule has 1 amide bonds. The Morgan fingerprint density at radius 1 is 1.44 bits per heavy atom. The lowest BCUT2D eigenvalue weighted by molar-refractivity contribution is -0.131. The van der Waals surface area contributed by atoms with Gasteiger partial charge in [-0.25, -0.2) is 0 Å². The molecule has 0 aromatic rings. The molecule has 0 spiro atoms. The van der Waals surface area contributed by atoms with Gasteiger partial charge in [-0.05, 0) is 26.8 Å². The van der Waals surface area contributed by atoms with E-state index in [1.165, 1.54) is 0 Å². The zero-order valence-corrected chi connectivity index (χ0v) is 11.6. The Kier molecular flexibility index (Phi) is 7.23. The molecule has 1 saturated heterocycles. The maximum atomic E-state index is 11.8. The molecule has 0 bridgehead atoms. The van der Waals surface area contributed by atoms with E-state index in [-0.39, 0.29) is 18.6 Å². The number of hydrogen-bond acceptors (Lipinski definition) is 4. The predicted octanol–water partition coefficient (Wildman–Crippen LogP) is 0.328. The first-order valence-electron chi connectivity index (χ1n) is 6.93. The van der Waals surface area contributed by atoms with Crippen LogP contribution in [0.2, 0.25) is 0 Å². The lowest BCUT2D eigenvalue weighted by atomic mass is 10.2. The van der Waals surface area contributed by atoms with Crippen molar-refractivity contribution in [3.05, 3.63) is 0 Å². The van der Waals surface area contributed by atoms with Crippen molar-refractivity contribution < 1.29 is 14.6 Å². The third kappa shape index (κ3) is 4.92. The first-order chi connectivity index (χ1) is 8.71. The second-order valence-corrected chi connectivity index (χ2v) is 4.65. The molecule has 1 rings (SSSR count). The molecule has 1 aliphatic heterocycles. The van der Waals surface area contributed by atoms with Crippen LogP contribution in [0.5, 0.6) is 0 Å². The van der Waals surface area contributed by atoms with E-state index in [1.807, 2.05) is 18.7 Å². The molecule has 1 heterocycles. The van der Waals surface area contributed by atoms with E-state index in [0.29, 0.717) is 13.0 Å². The summed E-state index contributed by atoms with van der Waals surface area (Å²) >= 11 is 0. The van der Waals surface area contributed by atoms with Crippen LogP contribution in [0.1, 0.15) is 26.7 Å². The molecule has 0 aromatic carbocycles. The third-order valence-corrected chi connectivity index (χ3v) is 3.41. The summed E-state index contributed by atoms with van der Waals surface area (Å²) in [5.41, 5.74) is 0. The fourth-order valence-corrected chi connectivity index (χ4v) is 2.28. The summed E-state index contributed by atoms with van der Waals surface area (Å²) < 4.78 is 5.39. The molecule has 1 N–H and O–H groups in total. The summed E-state index contributed by atoms with van der Waals surface area (Å²) in [6.45, 7) is 8.94. The van der Waals surface area contributed by atoms with Gasteiger partial charge in [-0.3, -0.25) is 9.69 Å². The maximum absolute atomic E-state index is 11.8. The molecule has 106 valence electrons. The third-order valence-electron chi connectivity index (χ3n) is 3.41. The average molecular weight is 258 g/mol. The molecule has 5 nitrogen and oxygen atoms in total. The lowest BCUT2D eigenvalue weighted by Crippen LogP contribution is -2.44. The van der Waals surface area contributed by atoms with Gasteiger partial charge in [0.05, 0.1) is 19.3 Å². The predicted molar refractivity (Wildman–Crippen MR) is 70.4 cm³/mol. The van der Waals surface area contributed by atoms with Crippen LogP contribution >= 0.6 is 0 Å². The largest absolute Gasteiger partial charge is 0.394 e. The number of amides is 1. The van der Waals surface area contributed by atoms with Gasteiger partial charge in [-0.15, -0.1) is 0 Å². The van der Waals surface area contributed by atoms with Gasteiger partial charge in [0.2, 0.25) is 5.91 Å². The zero-order valence-electron chi connectivity index (χ0n) is 11.6. The quantitative estimate of drug-likeness (QED) is 0.715. The summed E-state index contributed by atoms with van der Waals surface area (Å²) in [6.07, 6.45) is 1.44. The number of carbonyl (C=O) groups is 1. The standard InChI is InChI=1S/C13H26N2O3/c1-3-15(4-2)13(17)6-5-7-14-8-9-18-12(10-14)11-16/h12,16H,3-11H2,1-2H3. The smallest absolute Gasteiger partial charge is 0.222 e. The van der Waals surface area contributed by atoms with Gasteiger partial charge in [-0.1, -0.05) is 0 Å². The van der Waals surface area contributed by atoms with Gasteiger partial charge >= 0.3 is 0 Å². The SMILES string of the molecule is CCN(CC)C(=O)CCCN1CCOC(CO)C1. The van der Waals surface area contributed by atoms with Crippen molar-refractivity contribution in [2.75, 3.05) is 45.9 Å². The number of aliphatic hydroxyl groups is 1. The summed E-state index contributed by atoms with van der Waals surface area (Å²) in [6, 6.07) is 0. The Morgan fingerprint density at radius 3 is 2.78 bits per heavy atom. The summed E-state index contributed by atoms with van der Waals surface area (Å²) in [5.74, 6) is 0.243. The van der Waals surface area contributed by atoms with E-state index in [4.69, 9.17) is 9.84 Å². The van der Waals surface area contributed by atoms with E-state index in [0.717, 1.165) is 39.1 Å². The molecule has 1 atom stereocenters. The Balaban J connectivity index is 2.19. The number of hydrogen-bond donors (Lipinski definition) is 1. The van der Waals surface area contributed by atoms with Crippen LogP contribution < -0.4 is 0 Å². The number of nitrogens with zero attached hydrogens (tertiary/aromatic N) is 2. The number of morpholine rings is 1. The number of rotatable bonds is 7. The van der Waals surface area contributed by atoms with Crippen molar-refractivity contribution in [3.63, 3.8) is 0 Å². The highest BCUT2D eigenvalue weighted by molar-refractivity contribution is 5.76. The molecule has 18 heavy (non-hydrogen) atoms. The molecule has 0 radical (unpaired) electrons. The summed E-state index contributed by atoms with van der Waals surface area (Å²) in [7, 11) is 0. The molecule has 1 unspecified atom stereocenters. The minimum atomic E-state index is -0.0581. The van der Waals surface area contributed by atoms with Crippen LogP contribution in [0.25, 0.3) is 0 Å². The fourth-order valence-electron chi connectivity index (χ4n) is 2.28. The van der Waals surface area contributed by atoms with Crippen molar-refractivity contribution in [2.45, 2.75) is 32.8 Å². The van der Waals surface area contributed by atoms with Crippen LogP contribution in [-0.4, -0.2) is 72.9 Å². The molecule has 0 saturated carbocycles. The topological polar surface area (TPSA) is 53.0 Å². The molecular formula is C13H26N2O3. The molecule has 0 aromatic heterocycles. The number of ether oxygens (including phenoxy) is 1. The van der Waals surface area contributed by atoms with Crippen LogP contribution in [0.15, 0.2) is 0 Å². The minimum Gasteiger partial charge on any atom is -0.394 e. The Hall–Kier alpha value is -0.650. The Bertz CT molecular complexity index is 244. The normalized spacial score (nSPS) is 20.9. The van der Waals surface area contributed by atoms with Crippen LogP contribution in [0, 0.1) is 0 Å². The maximum Gasteiger partial charge on any atom is 0.222 e. The van der Waals surface area contributed by atoms with Gasteiger partial charge in [0.25, 0.3) is 0 Å². The number of carbonyl (C=O) groups excluding carboxylic acids is 1. The van der Waals surface area contributed by atoms with Gasteiger partial charge in [0.15, 0.2) is 0 Å². The van der Waals surface area contributed by atoms with Gasteiger partial charge in [-0.2, -0.15) is 0 Å². The van der Waals surface area contributed by atoms with E-state index in [9.17, 15) is 4.79 Å². The van der Waals surface area contributed by atoms with Crippen molar-refractivity contribution in [3.8, 4) is 0 Å². The van der Waals surface area contributed by atoms with Crippen LogP contribution in [0.3, 0.4) is 0 Å². The molecular weight excluding hydrogens is 232 g/mol.